The molecule has 3 aromatic rings. The van der Waals surface area contributed by atoms with E-state index in [1.807, 2.05) is 67.9 Å². The van der Waals surface area contributed by atoms with Crippen molar-refractivity contribution in [2.45, 2.75) is 25.1 Å². The van der Waals surface area contributed by atoms with Crippen molar-refractivity contribution in [3.8, 4) is 22.9 Å². The summed E-state index contributed by atoms with van der Waals surface area (Å²) in [5.74, 6) is 1.95. The van der Waals surface area contributed by atoms with Crippen molar-refractivity contribution < 1.29 is 14.3 Å². The maximum Gasteiger partial charge on any atom is 0.250 e. The van der Waals surface area contributed by atoms with Crippen molar-refractivity contribution in [2.24, 2.45) is 12.1 Å². The van der Waals surface area contributed by atoms with Crippen molar-refractivity contribution in [1.29, 1.82) is 0 Å². The molecule has 3 rings (SSSR count). The molecule has 1 N–H and O–H groups in total. The van der Waals surface area contributed by atoms with Gasteiger partial charge in [0.25, 0.3) is 5.91 Å². The Balaban J connectivity index is 1.54. The lowest BCUT2D eigenvalue weighted by molar-refractivity contribution is -0.118. The van der Waals surface area contributed by atoms with E-state index in [0.29, 0.717) is 16.7 Å². The second-order valence-corrected chi connectivity index (χ2v) is 7.83. The second kappa shape index (κ2) is 10.6. The topological polar surface area (TPSA) is 90.6 Å². The van der Waals surface area contributed by atoms with E-state index in [4.69, 9.17) is 9.47 Å². The van der Waals surface area contributed by atoms with Gasteiger partial charge < -0.3 is 14.0 Å². The molecule has 0 unspecified atom stereocenters. The number of hydrogen-bond donors (Lipinski definition) is 1. The third-order valence-corrected chi connectivity index (χ3v) is 5.17. The molecule has 0 saturated carbocycles. The summed E-state index contributed by atoms with van der Waals surface area (Å²) in [6.07, 6.45) is 1.60. The van der Waals surface area contributed by atoms with Crippen LogP contribution >= 0.6 is 11.8 Å². The summed E-state index contributed by atoms with van der Waals surface area (Å²) in [6.45, 7) is 3.90. The lowest BCUT2D eigenvalue weighted by Crippen LogP contribution is -2.19. The van der Waals surface area contributed by atoms with Crippen LogP contribution in [-0.4, -0.2) is 45.9 Å². The number of ether oxygens (including phenoxy) is 2. The minimum atomic E-state index is -0.239. The second-order valence-electron chi connectivity index (χ2n) is 6.89. The molecule has 1 heterocycles. The Kier molecular flexibility index (Phi) is 7.66. The van der Waals surface area contributed by atoms with Gasteiger partial charge in [-0.25, -0.2) is 5.43 Å². The summed E-state index contributed by atoms with van der Waals surface area (Å²) in [7, 11) is 3.46. The molecule has 0 aliphatic rings. The van der Waals surface area contributed by atoms with Crippen LogP contribution < -0.4 is 14.9 Å². The zero-order chi connectivity index (χ0) is 22.2. The van der Waals surface area contributed by atoms with Crippen molar-refractivity contribution >= 4 is 23.9 Å². The number of thioether (sulfide) groups is 1. The smallest absolute Gasteiger partial charge is 0.250 e. The standard InChI is InChI=1S/C22H25N5O3S/c1-15(2)30-18-11-10-16(12-19(18)29-4)13-23-24-20(28)14-31-22-26-25-21(27(22)3)17-8-6-5-7-9-17/h5-13,15H,14H2,1-4H3,(H,24,28)/b23-13+. The van der Waals surface area contributed by atoms with Gasteiger partial charge in [0.2, 0.25) is 0 Å². The number of amides is 1. The largest absolute Gasteiger partial charge is 0.493 e. The number of aromatic nitrogens is 3. The summed E-state index contributed by atoms with van der Waals surface area (Å²) in [5, 5.41) is 13.1. The zero-order valence-corrected chi connectivity index (χ0v) is 18.7. The van der Waals surface area contributed by atoms with E-state index in [9.17, 15) is 4.79 Å². The van der Waals surface area contributed by atoms with Crippen LogP contribution in [0.1, 0.15) is 19.4 Å². The Morgan fingerprint density at radius 2 is 1.97 bits per heavy atom. The van der Waals surface area contributed by atoms with Gasteiger partial charge >= 0.3 is 0 Å². The first-order valence-electron chi connectivity index (χ1n) is 9.72. The molecule has 0 aliphatic heterocycles. The molecule has 8 nitrogen and oxygen atoms in total. The molecule has 2 aromatic carbocycles. The van der Waals surface area contributed by atoms with Crippen LogP contribution in [0, 0.1) is 0 Å². The molecule has 1 aromatic heterocycles. The van der Waals surface area contributed by atoms with E-state index >= 15 is 0 Å². The van der Waals surface area contributed by atoms with Gasteiger partial charge in [-0.3, -0.25) is 4.79 Å². The number of hydrazone groups is 1. The molecule has 0 aliphatic carbocycles. The summed E-state index contributed by atoms with van der Waals surface area (Å²) in [5.41, 5.74) is 4.27. The minimum absolute atomic E-state index is 0.0443. The number of benzene rings is 2. The quantitative estimate of drug-likeness (QED) is 0.312. The van der Waals surface area contributed by atoms with Gasteiger partial charge in [-0.2, -0.15) is 5.10 Å². The van der Waals surface area contributed by atoms with E-state index in [-0.39, 0.29) is 17.8 Å². The van der Waals surface area contributed by atoms with Crippen LogP contribution in [-0.2, 0) is 11.8 Å². The predicted molar refractivity (Wildman–Crippen MR) is 122 cm³/mol. The normalized spacial score (nSPS) is 11.1. The molecule has 0 spiro atoms. The number of nitrogens with one attached hydrogen (secondary N) is 1. The maximum absolute atomic E-state index is 12.1. The summed E-state index contributed by atoms with van der Waals surface area (Å²) in [4.78, 5) is 12.1. The van der Waals surface area contributed by atoms with E-state index < -0.39 is 0 Å². The molecule has 9 heteroatoms. The Hall–Kier alpha value is -3.33. The first kappa shape index (κ1) is 22.4. The van der Waals surface area contributed by atoms with Gasteiger partial charge in [0.1, 0.15) is 0 Å². The fraction of sp³-hybridized carbons (Fsp3) is 0.273. The molecular weight excluding hydrogens is 414 g/mol. The zero-order valence-electron chi connectivity index (χ0n) is 17.9. The molecule has 0 saturated heterocycles. The van der Waals surface area contributed by atoms with Crippen LogP contribution in [0.4, 0.5) is 0 Å². The third-order valence-electron chi connectivity index (χ3n) is 4.15. The lowest BCUT2D eigenvalue weighted by Gasteiger charge is -2.13. The van der Waals surface area contributed by atoms with Gasteiger partial charge in [0.05, 0.1) is 25.2 Å². The Bertz CT molecular complexity index is 1050. The van der Waals surface area contributed by atoms with Crippen molar-refractivity contribution in [2.75, 3.05) is 12.9 Å². The van der Waals surface area contributed by atoms with Crippen molar-refractivity contribution in [3.63, 3.8) is 0 Å². The number of carbonyl (C=O) groups excluding carboxylic acids is 1. The average molecular weight is 440 g/mol. The van der Waals surface area contributed by atoms with Gasteiger partial charge in [-0.1, -0.05) is 42.1 Å². The van der Waals surface area contributed by atoms with Crippen LogP contribution in [0.3, 0.4) is 0 Å². The van der Waals surface area contributed by atoms with Crippen molar-refractivity contribution in [1.82, 2.24) is 20.2 Å². The lowest BCUT2D eigenvalue weighted by atomic mass is 10.2. The Labute approximate surface area is 185 Å². The van der Waals surface area contributed by atoms with E-state index in [2.05, 4.69) is 20.7 Å². The Morgan fingerprint density at radius 3 is 2.68 bits per heavy atom. The number of hydrogen-bond acceptors (Lipinski definition) is 7. The van der Waals surface area contributed by atoms with Gasteiger partial charge in [0.15, 0.2) is 22.5 Å². The number of carbonyl (C=O) groups is 1. The molecule has 0 radical (unpaired) electrons. The average Bonchev–Trinajstić information content (AvgIpc) is 3.13. The molecule has 162 valence electrons. The summed E-state index contributed by atoms with van der Waals surface area (Å²) in [6, 6.07) is 15.2. The monoisotopic (exact) mass is 439 g/mol. The first-order valence-corrected chi connectivity index (χ1v) is 10.7. The maximum atomic E-state index is 12.1. The molecule has 0 bridgehead atoms. The van der Waals surface area contributed by atoms with Gasteiger partial charge in [-0.05, 0) is 37.6 Å². The number of methoxy groups -OCH3 is 1. The predicted octanol–water partition coefficient (Wildman–Crippen LogP) is 3.52. The van der Waals surface area contributed by atoms with E-state index in [1.54, 1.807) is 19.4 Å². The fourth-order valence-corrected chi connectivity index (χ4v) is 3.44. The SMILES string of the molecule is COc1cc(/C=N/NC(=O)CSc2nnc(-c3ccccc3)n2C)ccc1OC(C)C. The highest BCUT2D eigenvalue weighted by molar-refractivity contribution is 7.99. The highest BCUT2D eigenvalue weighted by Crippen LogP contribution is 2.28. The van der Waals surface area contributed by atoms with Gasteiger partial charge in [0, 0.05) is 12.6 Å². The number of rotatable bonds is 9. The van der Waals surface area contributed by atoms with Gasteiger partial charge in [-0.15, -0.1) is 10.2 Å². The fourth-order valence-electron chi connectivity index (χ4n) is 2.74. The van der Waals surface area contributed by atoms with E-state index in [0.717, 1.165) is 17.0 Å². The van der Waals surface area contributed by atoms with E-state index in [1.165, 1.54) is 11.8 Å². The number of nitrogens with zero attached hydrogens (tertiary/aromatic N) is 4. The van der Waals surface area contributed by atoms with Crippen molar-refractivity contribution in [3.05, 3.63) is 54.1 Å². The molecule has 0 fully saturated rings. The minimum Gasteiger partial charge on any atom is -0.493 e. The summed E-state index contributed by atoms with van der Waals surface area (Å²) < 4.78 is 12.9. The van der Waals surface area contributed by atoms with Crippen LogP contribution in [0.2, 0.25) is 0 Å². The molecule has 1 amide bonds. The van der Waals surface area contributed by atoms with Crippen LogP contribution in [0.25, 0.3) is 11.4 Å². The summed E-state index contributed by atoms with van der Waals surface area (Å²) >= 11 is 1.30. The molecular formula is C22H25N5O3S. The third kappa shape index (κ3) is 6.08. The Morgan fingerprint density at radius 1 is 1.19 bits per heavy atom. The molecule has 0 atom stereocenters. The highest BCUT2D eigenvalue weighted by Gasteiger charge is 2.12. The van der Waals surface area contributed by atoms with Crippen LogP contribution in [0.15, 0.2) is 58.8 Å². The van der Waals surface area contributed by atoms with Crippen LogP contribution in [0.5, 0.6) is 11.5 Å². The highest BCUT2D eigenvalue weighted by atomic mass is 32.2. The molecule has 31 heavy (non-hydrogen) atoms. The first-order chi connectivity index (χ1) is 15.0.